The van der Waals surface area contributed by atoms with Crippen LogP contribution in [0.15, 0.2) is 66.7 Å². The number of amides is 1. The second-order valence-electron chi connectivity index (χ2n) is 8.99. The van der Waals surface area contributed by atoms with Crippen molar-refractivity contribution in [3.05, 3.63) is 83.4 Å². The summed E-state index contributed by atoms with van der Waals surface area (Å²) in [4.78, 5) is 27.1. The largest absolute Gasteiger partial charge is 0.467 e. The molecule has 1 aliphatic rings. The number of methoxy groups -OCH3 is 1. The molecule has 0 aromatic heterocycles. The Balaban J connectivity index is 1.48. The molecule has 0 saturated carbocycles. The van der Waals surface area contributed by atoms with E-state index in [9.17, 15) is 9.59 Å². The van der Waals surface area contributed by atoms with E-state index >= 15 is 0 Å². The Labute approximate surface area is 211 Å². The van der Waals surface area contributed by atoms with Crippen molar-refractivity contribution in [3.63, 3.8) is 0 Å². The van der Waals surface area contributed by atoms with Gasteiger partial charge in [0.1, 0.15) is 6.04 Å². The number of nitrogens with one attached hydrogen (secondary N) is 2. The van der Waals surface area contributed by atoms with Crippen LogP contribution in [0.3, 0.4) is 0 Å². The lowest BCUT2D eigenvalue weighted by atomic mass is 10.00. The fourth-order valence-corrected chi connectivity index (χ4v) is 4.58. The Morgan fingerprint density at radius 1 is 1.00 bits per heavy atom. The molecule has 1 atom stereocenters. The van der Waals surface area contributed by atoms with Crippen LogP contribution in [0.2, 0.25) is 0 Å². The summed E-state index contributed by atoms with van der Waals surface area (Å²) in [5.41, 5.74) is 6.40. The van der Waals surface area contributed by atoms with Crippen molar-refractivity contribution in [2.24, 2.45) is 5.92 Å². The van der Waals surface area contributed by atoms with Crippen molar-refractivity contribution in [2.45, 2.75) is 33.4 Å². The first-order valence-corrected chi connectivity index (χ1v) is 11.9. The smallest absolute Gasteiger partial charge is 0.328 e. The van der Waals surface area contributed by atoms with Crippen LogP contribution < -0.4 is 10.6 Å². The van der Waals surface area contributed by atoms with Gasteiger partial charge in [0.15, 0.2) is 5.11 Å². The molecule has 7 heteroatoms. The van der Waals surface area contributed by atoms with Crippen LogP contribution >= 0.6 is 12.2 Å². The standard InChI is InChI=1S/C28H29N3O3S/c1-17(2)25(27(33)34-4)31-16-21-10-9-20(15-23(21)26(31)32)19-11-13-22(14-12-19)29-28(35)30-24-8-6-5-7-18(24)3/h5-15,17,25H,16H2,1-4H3,(H2,29,30,35). The average Bonchev–Trinajstić information content (AvgIpc) is 3.16. The first kappa shape index (κ1) is 24.4. The number of fused-ring (bicyclic) bond motifs is 1. The summed E-state index contributed by atoms with van der Waals surface area (Å²) in [5.74, 6) is -0.581. The average molecular weight is 488 g/mol. The van der Waals surface area contributed by atoms with Gasteiger partial charge in [0, 0.05) is 23.5 Å². The fourth-order valence-electron chi connectivity index (χ4n) is 4.35. The number of carbonyl (C=O) groups is 2. The molecule has 0 fully saturated rings. The second-order valence-corrected chi connectivity index (χ2v) is 9.40. The lowest BCUT2D eigenvalue weighted by molar-refractivity contribution is -0.147. The molecular formula is C28H29N3O3S. The topological polar surface area (TPSA) is 70.7 Å². The maximum absolute atomic E-state index is 13.2. The minimum Gasteiger partial charge on any atom is -0.467 e. The monoisotopic (exact) mass is 487 g/mol. The minimum absolute atomic E-state index is 0.0494. The molecule has 0 bridgehead atoms. The predicted octanol–water partition coefficient (Wildman–Crippen LogP) is 5.62. The highest BCUT2D eigenvalue weighted by molar-refractivity contribution is 7.80. The molecule has 1 aliphatic heterocycles. The van der Waals surface area contributed by atoms with E-state index in [1.165, 1.54) is 7.11 Å². The Morgan fingerprint density at radius 3 is 2.34 bits per heavy atom. The number of para-hydroxylation sites is 1. The molecule has 0 radical (unpaired) electrons. The number of nitrogens with zero attached hydrogens (tertiary/aromatic N) is 1. The number of esters is 1. The predicted molar refractivity (Wildman–Crippen MR) is 143 cm³/mol. The molecule has 4 rings (SSSR count). The normalized spacial score (nSPS) is 13.4. The number of rotatable bonds is 6. The summed E-state index contributed by atoms with van der Waals surface area (Å²) in [6, 6.07) is 21.1. The Morgan fingerprint density at radius 2 is 1.69 bits per heavy atom. The van der Waals surface area contributed by atoms with E-state index < -0.39 is 6.04 Å². The van der Waals surface area contributed by atoms with Crippen LogP contribution in [0.1, 0.15) is 35.3 Å². The number of ether oxygens (including phenoxy) is 1. The molecule has 0 aliphatic carbocycles. The molecule has 1 amide bonds. The maximum Gasteiger partial charge on any atom is 0.328 e. The molecule has 0 saturated heterocycles. The van der Waals surface area contributed by atoms with Gasteiger partial charge in [0.25, 0.3) is 5.91 Å². The van der Waals surface area contributed by atoms with Crippen molar-refractivity contribution < 1.29 is 14.3 Å². The second kappa shape index (κ2) is 10.3. The van der Waals surface area contributed by atoms with Crippen LogP contribution in [-0.4, -0.2) is 35.0 Å². The van der Waals surface area contributed by atoms with E-state index in [0.29, 0.717) is 17.2 Å². The van der Waals surface area contributed by atoms with E-state index in [-0.39, 0.29) is 17.8 Å². The van der Waals surface area contributed by atoms with Crippen LogP contribution in [0.5, 0.6) is 0 Å². The van der Waals surface area contributed by atoms with Gasteiger partial charge in [0.2, 0.25) is 0 Å². The molecule has 180 valence electrons. The summed E-state index contributed by atoms with van der Waals surface area (Å²) in [6.45, 7) is 6.27. The van der Waals surface area contributed by atoms with Crippen LogP contribution in [0, 0.1) is 12.8 Å². The quantitative estimate of drug-likeness (QED) is 0.347. The third kappa shape index (κ3) is 5.20. The van der Waals surface area contributed by atoms with Crippen molar-refractivity contribution in [2.75, 3.05) is 17.7 Å². The zero-order chi connectivity index (χ0) is 25.1. The Kier molecular flexibility index (Phi) is 7.17. The fraction of sp³-hybridized carbons (Fsp3) is 0.250. The number of aryl methyl sites for hydroxylation is 1. The number of hydrogen-bond donors (Lipinski definition) is 2. The van der Waals surface area contributed by atoms with E-state index in [2.05, 4.69) is 10.6 Å². The first-order chi connectivity index (χ1) is 16.8. The Hall–Kier alpha value is -3.71. The van der Waals surface area contributed by atoms with Crippen LogP contribution in [-0.2, 0) is 16.1 Å². The van der Waals surface area contributed by atoms with Gasteiger partial charge in [-0.15, -0.1) is 0 Å². The number of anilines is 2. The zero-order valence-corrected chi connectivity index (χ0v) is 21.1. The van der Waals surface area contributed by atoms with Gasteiger partial charge in [-0.25, -0.2) is 4.79 Å². The van der Waals surface area contributed by atoms with Gasteiger partial charge < -0.3 is 20.3 Å². The molecule has 2 N–H and O–H groups in total. The molecule has 6 nitrogen and oxygen atoms in total. The third-order valence-corrected chi connectivity index (χ3v) is 6.43. The van der Waals surface area contributed by atoms with Crippen LogP contribution in [0.4, 0.5) is 11.4 Å². The highest BCUT2D eigenvalue weighted by Crippen LogP contribution is 2.32. The lowest BCUT2D eigenvalue weighted by Crippen LogP contribution is -2.45. The highest BCUT2D eigenvalue weighted by Gasteiger charge is 2.38. The number of thiocarbonyl (C=S) groups is 1. The third-order valence-electron chi connectivity index (χ3n) is 6.22. The van der Waals surface area contributed by atoms with Crippen LogP contribution in [0.25, 0.3) is 11.1 Å². The summed E-state index contributed by atoms with van der Waals surface area (Å²) >= 11 is 5.45. The number of hydrogen-bond acceptors (Lipinski definition) is 4. The molecular weight excluding hydrogens is 458 g/mol. The van der Waals surface area contributed by atoms with Crippen molar-refractivity contribution in [3.8, 4) is 11.1 Å². The van der Waals surface area contributed by atoms with E-state index in [1.807, 2.05) is 87.5 Å². The van der Waals surface area contributed by atoms with Crippen molar-refractivity contribution >= 4 is 40.6 Å². The van der Waals surface area contributed by atoms with Crippen molar-refractivity contribution in [1.29, 1.82) is 0 Å². The number of benzene rings is 3. The highest BCUT2D eigenvalue weighted by atomic mass is 32.1. The summed E-state index contributed by atoms with van der Waals surface area (Å²) in [5, 5.41) is 6.94. The van der Waals surface area contributed by atoms with Gasteiger partial charge in [-0.1, -0.05) is 56.3 Å². The van der Waals surface area contributed by atoms with Gasteiger partial charge in [0.05, 0.1) is 7.11 Å². The molecule has 1 heterocycles. The zero-order valence-electron chi connectivity index (χ0n) is 20.3. The summed E-state index contributed by atoms with van der Waals surface area (Å²) in [6.07, 6.45) is 0. The van der Waals surface area contributed by atoms with E-state index in [1.54, 1.807) is 4.90 Å². The van der Waals surface area contributed by atoms with Gasteiger partial charge >= 0.3 is 5.97 Å². The van der Waals surface area contributed by atoms with E-state index in [0.717, 1.165) is 33.6 Å². The SMILES string of the molecule is COC(=O)C(C(C)C)N1Cc2ccc(-c3ccc(NC(=S)Nc4ccccc4C)cc3)cc2C1=O. The number of carbonyl (C=O) groups excluding carboxylic acids is 2. The summed E-state index contributed by atoms with van der Waals surface area (Å²) in [7, 11) is 1.35. The molecule has 3 aromatic carbocycles. The minimum atomic E-state index is -0.606. The summed E-state index contributed by atoms with van der Waals surface area (Å²) < 4.78 is 4.95. The van der Waals surface area contributed by atoms with Gasteiger partial charge in [-0.2, -0.15) is 0 Å². The molecule has 3 aromatic rings. The molecule has 0 spiro atoms. The maximum atomic E-state index is 13.2. The van der Waals surface area contributed by atoms with Gasteiger partial charge in [-0.05, 0) is 71.6 Å². The first-order valence-electron chi connectivity index (χ1n) is 11.5. The molecule has 1 unspecified atom stereocenters. The lowest BCUT2D eigenvalue weighted by Gasteiger charge is -2.28. The van der Waals surface area contributed by atoms with E-state index in [4.69, 9.17) is 17.0 Å². The molecule has 35 heavy (non-hydrogen) atoms. The van der Waals surface area contributed by atoms with Crippen molar-refractivity contribution in [1.82, 2.24) is 4.90 Å². The van der Waals surface area contributed by atoms with Gasteiger partial charge in [-0.3, -0.25) is 4.79 Å². The Bertz CT molecular complexity index is 1270.